The lowest BCUT2D eigenvalue weighted by Gasteiger charge is -2.23. The normalized spacial score (nSPS) is 10.4. The van der Waals surface area contributed by atoms with E-state index in [-0.39, 0.29) is 18.4 Å². The number of halogens is 2. The minimum atomic E-state index is -0.434. The molecule has 13 heteroatoms. The molecule has 206 valence electrons. The van der Waals surface area contributed by atoms with Crippen LogP contribution in [0.15, 0.2) is 65.8 Å². The molecule has 11 nitrogen and oxygen atoms in total. The van der Waals surface area contributed by atoms with Crippen molar-refractivity contribution in [2.45, 2.75) is 0 Å². The molecule has 0 aliphatic rings. The summed E-state index contributed by atoms with van der Waals surface area (Å²) in [5.41, 5.74) is 13.5. The number of aliphatic imine (C=N–C) groups is 1. The van der Waals surface area contributed by atoms with Crippen LogP contribution < -0.4 is 32.3 Å². The fraction of sp³-hybridized carbons (Fsp3) is 0.231. The van der Waals surface area contributed by atoms with Crippen molar-refractivity contribution >= 4 is 69.6 Å². The van der Waals surface area contributed by atoms with Gasteiger partial charge >= 0.3 is 0 Å². The number of nitrogens with one attached hydrogen (secondary N) is 3. The van der Waals surface area contributed by atoms with Crippen LogP contribution in [0.2, 0.25) is 0 Å². The predicted octanol–water partition coefficient (Wildman–Crippen LogP) is 3.03. The first kappa shape index (κ1) is 29.3. The summed E-state index contributed by atoms with van der Waals surface area (Å²) in [5.74, 6) is -0.496. The highest BCUT2D eigenvalue weighted by molar-refractivity contribution is 6.18. The zero-order valence-electron chi connectivity index (χ0n) is 21.3. The number of amides is 3. The Morgan fingerprint density at radius 1 is 0.872 bits per heavy atom. The third kappa shape index (κ3) is 8.66. The molecule has 0 unspecified atom stereocenters. The van der Waals surface area contributed by atoms with Crippen LogP contribution in [0, 0.1) is 0 Å². The summed E-state index contributed by atoms with van der Waals surface area (Å²) >= 11 is 11.8. The van der Waals surface area contributed by atoms with E-state index >= 15 is 0 Å². The maximum atomic E-state index is 13.0. The number of hydrogen-bond acceptors (Lipinski definition) is 5. The van der Waals surface area contributed by atoms with E-state index in [2.05, 4.69) is 20.9 Å². The fourth-order valence-electron chi connectivity index (χ4n) is 3.71. The minimum Gasteiger partial charge on any atom is -0.370 e. The third-order valence-corrected chi connectivity index (χ3v) is 5.83. The molecule has 3 aromatic rings. The first-order chi connectivity index (χ1) is 18.7. The number of alkyl halides is 2. The fourth-order valence-corrected chi connectivity index (χ4v) is 4.12. The van der Waals surface area contributed by atoms with Gasteiger partial charge in [-0.1, -0.05) is 12.1 Å². The number of guanidine groups is 1. The van der Waals surface area contributed by atoms with Crippen LogP contribution in [0.4, 0.5) is 22.7 Å². The molecule has 0 aliphatic carbocycles. The first-order valence-corrected chi connectivity index (χ1v) is 13.0. The van der Waals surface area contributed by atoms with Crippen LogP contribution in [0.1, 0.15) is 20.8 Å². The van der Waals surface area contributed by atoms with Crippen molar-refractivity contribution < 1.29 is 14.4 Å². The Kier molecular flexibility index (Phi) is 10.6. The largest absolute Gasteiger partial charge is 0.370 e. The highest BCUT2D eigenvalue weighted by Gasteiger charge is 2.16. The molecule has 0 saturated carbocycles. The number of aromatic nitrogens is 1. The van der Waals surface area contributed by atoms with E-state index in [1.165, 1.54) is 6.07 Å². The number of anilines is 4. The van der Waals surface area contributed by atoms with E-state index in [1.54, 1.807) is 48.1 Å². The van der Waals surface area contributed by atoms with Gasteiger partial charge in [-0.2, -0.15) is 0 Å². The summed E-state index contributed by atoms with van der Waals surface area (Å²) in [6.07, 6.45) is 1.63. The average molecular weight is 573 g/mol. The maximum absolute atomic E-state index is 13.0. The van der Waals surface area contributed by atoms with Gasteiger partial charge in [0.2, 0.25) is 5.91 Å². The summed E-state index contributed by atoms with van der Waals surface area (Å²) in [7, 11) is 1.70. The number of aryl methyl sites for hydroxylation is 1. The molecule has 0 spiro atoms. The summed E-state index contributed by atoms with van der Waals surface area (Å²) in [6, 6.07) is 15.4. The molecule has 3 rings (SSSR count). The second kappa shape index (κ2) is 14.1. The molecule has 3 amide bonds. The Morgan fingerprint density at radius 2 is 1.51 bits per heavy atom. The lowest BCUT2D eigenvalue weighted by molar-refractivity contribution is -0.114. The van der Waals surface area contributed by atoms with Gasteiger partial charge in [-0.25, -0.2) is 4.99 Å². The zero-order chi connectivity index (χ0) is 28.4. The van der Waals surface area contributed by atoms with Crippen molar-refractivity contribution in [3.05, 3.63) is 72.1 Å². The van der Waals surface area contributed by atoms with Crippen LogP contribution in [0.3, 0.4) is 0 Å². The van der Waals surface area contributed by atoms with Gasteiger partial charge in [-0.05, 0) is 42.5 Å². The van der Waals surface area contributed by atoms with Gasteiger partial charge < -0.3 is 36.9 Å². The third-order valence-electron chi connectivity index (χ3n) is 5.49. The van der Waals surface area contributed by atoms with Crippen molar-refractivity contribution in [2.24, 2.45) is 23.5 Å². The van der Waals surface area contributed by atoms with Crippen molar-refractivity contribution in [1.82, 2.24) is 4.57 Å². The van der Waals surface area contributed by atoms with E-state index in [4.69, 9.17) is 34.7 Å². The van der Waals surface area contributed by atoms with Crippen LogP contribution >= 0.6 is 23.2 Å². The number of nitrogens with zero attached hydrogens (tertiary/aromatic N) is 3. The zero-order valence-corrected chi connectivity index (χ0v) is 22.8. The monoisotopic (exact) mass is 572 g/mol. The van der Waals surface area contributed by atoms with Gasteiger partial charge in [-0.15, -0.1) is 23.2 Å². The summed E-state index contributed by atoms with van der Waals surface area (Å²) < 4.78 is 1.61. The Balaban J connectivity index is 1.67. The Bertz CT molecular complexity index is 1350. The van der Waals surface area contributed by atoms with E-state index in [9.17, 15) is 14.4 Å². The Labute approximate surface area is 236 Å². The maximum Gasteiger partial charge on any atom is 0.272 e. The van der Waals surface area contributed by atoms with Crippen LogP contribution in [-0.2, 0) is 11.8 Å². The molecular formula is C26H30Cl2N8O3. The number of carbonyl (C=O) groups excluding carboxylic acids is 3. The molecule has 1 heterocycles. The minimum absolute atomic E-state index is 0.195. The van der Waals surface area contributed by atoms with Crippen LogP contribution in [0.5, 0.6) is 0 Å². The smallest absolute Gasteiger partial charge is 0.272 e. The quantitative estimate of drug-likeness (QED) is 0.127. The van der Waals surface area contributed by atoms with Crippen molar-refractivity contribution in [1.29, 1.82) is 0 Å². The highest BCUT2D eigenvalue weighted by Crippen LogP contribution is 2.22. The van der Waals surface area contributed by atoms with E-state index in [0.29, 0.717) is 53.2 Å². The number of carbonyl (C=O) groups is 3. The molecule has 0 atom stereocenters. The first-order valence-electron chi connectivity index (χ1n) is 11.9. The number of nitrogens with two attached hydrogens (primary N) is 2. The molecule has 39 heavy (non-hydrogen) atoms. The SMILES string of the molecule is Cn1cc(NC(=O)c2cccc(NC(=O)CN=C(N)N)c2)cc1C(=O)Nc1cccc(N(CCCl)CCCl)c1. The van der Waals surface area contributed by atoms with Crippen molar-refractivity contribution in [3.8, 4) is 0 Å². The molecule has 0 saturated heterocycles. The van der Waals surface area contributed by atoms with Crippen molar-refractivity contribution in [3.63, 3.8) is 0 Å². The summed E-state index contributed by atoms with van der Waals surface area (Å²) in [5, 5.41) is 8.28. The molecule has 0 aliphatic heterocycles. The topological polar surface area (TPSA) is 160 Å². The molecule has 2 aromatic carbocycles. The number of rotatable bonds is 12. The van der Waals surface area contributed by atoms with Gasteiger partial charge in [-0.3, -0.25) is 14.4 Å². The lowest BCUT2D eigenvalue weighted by Crippen LogP contribution is -2.27. The van der Waals surface area contributed by atoms with E-state index in [0.717, 1.165) is 5.69 Å². The van der Waals surface area contributed by atoms with Gasteiger partial charge in [0.15, 0.2) is 5.96 Å². The van der Waals surface area contributed by atoms with Crippen LogP contribution in [0.25, 0.3) is 0 Å². The van der Waals surface area contributed by atoms with Gasteiger partial charge in [0.05, 0.1) is 5.69 Å². The second-order valence-electron chi connectivity index (χ2n) is 8.42. The molecule has 0 bridgehead atoms. The molecule has 7 N–H and O–H groups in total. The summed E-state index contributed by atoms with van der Waals surface area (Å²) in [6.45, 7) is 1.01. The number of benzene rings is 2. The van der Waals surface area contributed by atoms with E-state index in [1.807, 2.05) is 23.1 Å². The molecule has 1 aromatic heterocycles. The van der Waals surface area contributed by atoms with Gasteiger partial charge in [0, 0.05) is 60.7 Å². The highest BCUT2D eigenvalue weighted by atomic mass is 35.5. The molecule has 0 fully saturated rings. The van der Waals surface area contributed by atoms with Crippen LogP contribution in [-0.4, -0.2) is 59.6 Å². The molecular weight excluding hydrogens is 543 g/mol. The second-order valence-corrected chi connectivity index (χ2v) is 9.17. The number of hydrogen-bond donors (Lipinski definition) is 5. The van der Waals surface area contributed by atoms with E-state index < -0.39 is 11.8 Å². The van der Waals surface area contributed by atoms with Gasteiger partial charge in [0.25, 0.3) is 11.8 Å². The Morgan fingerprint density at radius 3 is 2.18 bits per heavy atom. The predicted molar refractivity (Wildman–Crippen MR) is 157 cm³/mol. The average Bonchev–Trinajstić information content (AvgIpc) is 3.27. The van der Waals surface area contributed by atoms with Crippen molar-refractivity contribution in [2.75, 3.05) is 52.2 Å². The Hall–Kier alpha value is -4.22. The molecule has 0 radical (unpaired) electrons. The summed E-state index contributed by atoms with van der Waals surface area (Å²) in [4.78, 5) is 43.5. The van der Waals surface area contributed by atoms with Gasteiger partial charge in [0.1, 0.15) is 12.2 Å². The lowest BCUT2D eigenvalue weighted by atomic mass is 10.2. The standard InChI is InChI=1S/C26H30Cl2N8O3/c1-35-16-20(34-24(38)17-4-2-5-18(12-17)32-23(37)15-31-26(29)30)14-22(35)25(39)33-19-6-3-7-21(13-19)36(10-8-27)11-9-28/h2-7,12-14,16H,8-11,15H2,1H3,(H,32,37)(H,33,39)(H,34,38)(H4,29,30,31).